The number of H-pyrrole nitrogens is 1. The zero-order chi connectivity index (χ0) is 22.9. The van der Waals surface area contributed by atoms with Gasteiger partial charge in [-0.15, -0.1) is 0 Å². The fourth-order valence-electron chi connectivity index (χ4n) is 4.12. The average molecular weight is 463 g/mol. The van der Waals surface area contributed by atoms with Crippen LogP contribution in [0.5, 0.6) is 11.5 Å². The Hall–Kier alpha value is -3.84. The standard InChI is InChI=1S/C25H19ClN2O5/c26-18-5-1-4-16(11-18)22-21(23(29)17-6-7-19-20(12-17)33-10-9-32-19)24(30)25(31)28(22)14-15-3-2-8-27-13-15/h1-8,11-13,22,29H,9-10,14H2/b23-21+. The normalized spacial score (nSPS) is 19.1. The molecule has 1 unspecified atom stereocenters. The van der Waals surface area contributed by atoms with Gasteiger partial charge in [0, 0.05) is 22.2 Å². The van der Waals surface area contributed by atoms with Crippen LogP contribution in [-0.2, 0) is 16.1 Å². The van der Waals surface area contributed by atoms with Gasteiger partial charge in [0.15, 0.2) is 23.9 Å². The summed E-state index contributed by atoms with van der Waals surface area (Å²) in [5.74, 6) is -1.12. The number of rotatable bonds is 4. The summed E-state index contributed by atoms with van der Waals surface area (Å²) >= 11 is 6.21. The van der Waals surface area contributed by atoms with Crippen LogP contribution >= 0.6 is 11.6 Å². The fourth-order valence-corrected chi connectivity index (χ4v) is 4.32. The first-order chi connectivity index (χ1) is 16.0. The molecule has 7 nitrogen and oxygen atoms in total. The zero-order valence-electron chi connectivity index (χ0n) is 17.4. The van der Waals surface area contributed by atoms with Gasteiger partial charge in [0.1, 0.15) is 13.2 Å². The molecule has 1 fully saturated rings. The molecule has 1 N–H and O–H groups in total. The van der Waals surface area contributed by atoms with Crippen molar-refractivity contribution in [3.63, 3.8) is 0 Å². The molecule has 2 aliphatic rings. The topological polar surface area (TPSA) is 93.0 Å². The lowest BCUT2D eigenvalue weighted by atomic mass is 9.95. The van der Waals surface area contributed by atoms with Crippen LogP contribution < -0.4 is 19.6 Å². The number of nitrogens with one attached hydrogen (secondary N) is 1. The van der Waals surface area contributed by atoms with Crippen molar-refractivity contribution in [1.82, 2.24) is 4.90 Å². The van der Waals surface area contributed by atoms with Crippen molar-refractivity contribution in [2.75, 3.05) is 13.2 Å². The fraction of sp³-hybridized carbons (Fsp3) is 0.160. The predicted octanol–water partition coefficient (Wildman–Crippen LogP) is 2.35. The summed E-state index contributed by atoms with van der Waals surface area (Å²) in [4.78, 5) is 30.6. The molecule has 3 heterocycles. The number of hydrogen-bond donors (Lipinski definition) is 0. The maximum Gasteiger partial charge on any atom is 0.295 e. The highest BCUT2D eigenvalue weighted by molar-refractivity contribution is 6.46. The molecule has 2 aromatic carbocycles. The number of amides is 1. The van der Waals surface area contributed by atoms with Gasteiger partial charge in [-0.05, 0) is 41.5 Å². The minimum atomic E-state index is -0.871. The van der Waals surface area contributed by atoms with E-state index in [0.29, 0.717) is 35.3 Å². The SMILES string of the molecule is O=C1C(=O)N(Cc2ccc[nH+]c2)C(c2cccc(Cl)c2)/C1=C(\[O-])c1ccc2c(c1)OCCO2. The predicted molar refractivity (Wildman–Crippen MR) is 117 cm³/mol. The number of benzene rings is 2. The lowest BCUT2D eigenvalue weighted by Crippen LogP contribution is -2.29. The number of nitrogens with zero attached hydrogens (tertiary/aromatic N) is 1. The molecule has 8 heteroatoms. The Bertz CT molecular complexity index is 1270. The van der Waals surface area contributed by atoms with E-state index in [1.807, 2.05) is 6.07 Å². The van der Waals surface area contributed by atoms with Crippen molar-refractivity contribution in [2.45, 2.75) is 12.6 Å². The molecule has 0 aliphatic carbocycles. The number of pyridine rings is 1. The van der Waals surface area contributed by atoms with Crippen molar-refractivity contribution in [3.8, 4) is 11.5 Å². The molecule has 5 rings (SSSR count). The van der Waals surface area contributed by atoms with E-state index in [1.165, 1.54) is 4.90 Å². The van der Waals surface area contributed by atoms with E-state index in [1.54, 1.807) is 60.9 Å². The Labute approximate surface area is 194 Å². The maximum atomic E-state index is 13.6. The van der Waals surface area contributed by atoms with Crippen LogP contribution in [0, 0.1) is 0 Å². The van der Waals surface area contributed by atoms with E-state index in [2.05, 4.69) is 4.98 Å². The van der Waals surface area contributed by atoms with Crippen LogP contribution in [0.3, 0.4) is 0 Å². The highest BCUT2D eigenvalue weighted by Gasteiger charge is 2.44. The highest BCUT2D eigenvalue weighted by atomic mass is 35.5. The minimum absolute atomic E-state index is 0.112. The number of carbonyl (C=O) groups is 2. The molecule has 33 heavy (non-hydrogen) atoms. The Kier molecular flexibility index (Phi) is 5.48. The highest BCUT2D eigenvalue weighted by Crippen LogP contribution is 2.41. The average Bonchev–Trinajstić information content (AvgIpc) is 3.09. The van der Waals surface area contributed by atoms with Crippen LogP contribution in [-0.4, -0.2) is 29.8 Å². The van der Waals surface area contributed by atoms with Crippen molar-refractivity contribution in [1.29, 1.82) is 0 Å². The second-order valence-electron chi connectivity index (χ2n) is 7.73. The number of aromatic nitrogens is 1. The molecule has 1 saturated heterocycles. The molecule has 0 radical (unpaired) electrons. The quantitative estimate of drug-likeness (QED) is 0.337. The summed E-state index contributed by atoms with van der Waals surface area (Å²) in [6.07, 6.45) is 3.49. The van der Waals surface area contributed by atoms with Gasteiger partial charge in [-0.1, -0.05) is 35.6 Å². The summed E-state index contributed by atoms with van der Waals surface area (Å²) in [6, 6.07) is 14.4. The van der Waals surface area contributed by atoms with Gasteiger partial charge < -0.3 is 19.5 Å². The first-order valence-electron chi connectivity index (χ1n) is 10.4. The van der Waals surface area contributed by atoms with Crippen molar-refractivity contribution in [2.24, 2.45) is 0 Å². The first-order valence-corrected chi connectivity index (χ1v) is 10.8. The molecule has 3 aromatic rings. The number of ketones is 1. The van der Waals surface area contributed by atoms with E-state index < -0.39 is 23.5 Å². The first kappa shape index (κ1) is 21.0. The summed E-state index contributed by atoms with van der Waals surface area (Å²) in [5, 5.41) is 14.0. The smallest absolute Gasteiger partial charge is 0.295 e. The lowest BCUT2D eigenvalue weighted by molar-refractivity contribution is -0.378. The van der Waals surface area contributed by atoms with Crippen molar-refractivity contribution >= 4 is 29.1 Å². The number of likely N-dealkylation sites (tertiary alicyclic amines) is 1. The number of carbonyl (C=O) groups excluding carboxylic acids is 2. The molecule has 0 saturated carbocycles. The van der Waals surface area contributed by atoms with E-state index in [9.17, 15) is 14.7 Å². The van der Waals surface area contributed by atoms with Gasteiger partial charge >= 0.3 is 0 Å². The molecular formula is C25H19ClN2O5. The Morgan fingerprint density at radius 3 is 2.64 bits per heavy atom. The van der Waals surface area contributed by atoms with E-state index in [4.69, 9.17) is 21.1 Å². The van der Waals surface area contributed by atoms with E-state index in [-0.39, 0.29) is 17.7 Å². The van der Waals surface area contributed by atoms with Crippen LogP contribution in [0.1, 0.15) is 22.7 Å². The Morgan fingerprint density at radius 1 is 1.06 bits per heavy atom. The second kappa shape index (κ2) is 8.60. The summed E-state index contributed by atoms with van der Waals surface area (Å²) < 4.78 is 11.1. The van der Waals surface area contributed by atoms with Crippen LogP contribution in [0.25, 0.3) is 5.76 Å². The van der Waals surface area contributed by atoms with E-state index >= 15 is 0 Å². The van der Waals surface area contributed by atoms with E-state index in [0.717, 1.165) is 5.56 Å². The van der Waals surface area contributed by atoms with Crippen LogP contribution in [0.4, 0.5) is 0 Å². The number of aromatic amines is 1. The third-order valence-corrected chi connectivity index (χ3v) is 5.86. The molecule has 1 amide bonds. The molecule has 166 valence electrons. The minimum Gasteiger partial charge on any atom is -0.872 e. The zero-order valence-corrected chi connectivity index (χ0v) is 18.2. The molecular weight excluding hydrogens is 444 g/mol. The third kappa shape index (κ3) is 3.91. The van der Waals surface area contributed by atoms with Gasteiger partial charge in [0.2, 0.25) is 5.78 Å². The third-order valence-electron chi connectivity index (χ3n) is 5.62. The number of ether oxygens (including phenoxy) is 2. The summed E-state index contributed by atoms with van der Waals surface area (Å²) in [6.45, 7) is 0.941. The monoisotopic (exact) mass is 462 g/mol. The molecule has 1 aromatic heterocycles. The van der Waals surface area contributed by atoms with Gasteiger partial charge in [-0.2, -0.15) is 0 Å². The van der Waals surface area contributed by atoms with Crippen molar-refractivity contribution < 1.29 is 29.2 Å². The number of halogens is 1. The summed E-state index contributed by atoms with van der Waals surface area (Å²) in [7, 11) is 0. The second-order valence-corrected chi connectivity index (χ2v) is 8.17. The number of Topliss-reactive ketones (excluding diaryl/α,β-unsaturated/α-hetero) is 1. The molecule has 0 bridgehead atoms. The largest absolute Gasteiger partial charge is 0.872 e. The lowest BCUT2D eigenvalue weighted by Gasteiger charge is -2.28. The molecule has 2 aliphatic heterocycles. The maximum absolute atomic E-state index is 13.6. The van der Waals surface area contributed by atoms with Gasteiger partial charge in [-0.25, -0.2) is 4.98 Å². The Balaban J connectivity index is 1.64. The summed E-state index contributed by atoms with van der Waals surface area (Å²) in [5.41, 5.74) is 1.51. The van der Waals surface area contributed by atoms with Crippen LogP contribution in [0.15, 0.2) is 72.6 Å². The number of fused-ring (bicyclic) bond motifs is 1. The van der Waals surface area contributed by atoms with Gasteiger partial charge in [-0.3, -0.25) is 9.59 Å². The Morgan fingerprint density at radius 2 is 1.88 bits per heavy atom. The number of hydrogen-bond acceptors (Lipinski definition) is 5. The van der Waals surface area contributed by atoms with Gasteiger partial charge in [0.05, 0.1) is 12.6 Å². The van der Waals surface area contributed by atoms with Crippen molar-refractivity contribution in [3.05, 3.63) is 94.3 Å². The van der Waals surface area contributed by atoms with Crippen LogP contribution in [0.2, 0.25) is 5.02 Å². The molecule has 1 atom stereocenters. The van der Waals surface area contributed by atoms with Gasteiger partial charge in [0.25, 0.3) is 5.91 Å². The molecule has 0 spiro atoms.